The lowest BCUT2D eigenvalue weighted by Gasteiger charge is -2.33. The molecule has 0 atom stereocenters. The number of anilines is 1. The van der Waals surface area contributed by atoms with Crippen LogP contribution in [0.1, 0.15) is 55.7 Å². The molecule has 170 valence electrons. The van der Waals surface area contributed by atoms with Gasteiger partial charge in [0.25, 0.3) is 0 Å². The molecule has 0 aliphatic carbocycles. The van der Waals surface area contributed by atoms with E-state index in [0.717, 1.165) is 43.5 Å². The third-order valence-electron chi connectivity index (χ3n) is 6.89. The topological polar surface area (TPSA) is 35.6 Å². The van der Waals surface area contributed by atoms with Gasteiger partial charge in [-0.1, -0.05) is 48.0 Å². The second-order valence-electron chi connectivity index (χ2n) is 9.33. The van der Waals surface area contributed by atoms with Crippen molar-refractivity contribution in [2.75, 3.05) is 31.5 Å². The second-order valence-corrected chi connectivity index (χ2v) is 9.33. The summed E-state index contributed by atoms with van der Waals surface area (Å²) in [4.78, 5) is 17.2. The van der Waals surface area contributed by atoms with Crippen LogP contribution < -0.4 is 5.32 Å². The molecular weight excluding hydrogens is 401 g/mol. The Balaban J connectivity index is 1.42. The zero-order chi connectivity index (χ0) is 22.7. The normalized spacial score (nSPS) is 18.0. The SMILES string of the molecule is Cc1ccc(C2CCN(C(=O)Nc3c(F)cccc3C3=CCN(C(C)C)CC3)CC2)cc1. The van der Waals surface area contributed by atoms with Crippen LogP contribution in [-0.4, -0.2) is 48.1 Å². The summed E-state index contributed by atoms with van der Waals surface area (Å²) in [5.74, 6) is 0.0950. The number of rotatable bonds is 4. The summed E-state index contributed by atoms with van der Waals surface area (Å²) in [6.07, 6.45) is 4.88. The summed E-state index contributed by atoms with van der Waals surface area (Å²) in [5, 5.41) is 2.90. The van der Waals surface area contributed by atoms with E-state index in [1.165, 1.54) is 17.2 Å². The lowest BCUT2D eigenvalue weighted by Crippen LogP contribution is -2.41. The molecule has 0 saturated carbocycles. The van der Waals surface area contributed by atoms with Gasteiger partial charge in [0.05, 0.1) is 5.69 Å². The highest BCUT2D eigenvalue weighted by atomic mass is 19.1. The fourth-order valence-electron chi connectivity index (χ4n) is 4.76. The first-order valence-corrected chi connectivity index (χ1v) is 11.8. The van der Waals surface area contributed by atoms with E-state index in [0.29, 0.717) is 30.7 Å². The number of carbonyl (C=O) groups excluding carboxylic acids is 1. The summed E-state index contributed by atoms with van der Waals surface area (Å²) in [5.41, 5.74) is 4.82. The standard InChI is InChI=1S/C27H34FN3O/c1-19(2)30-15-13-23(14-16-30)24-5-4-6-25(28)26(24)29-27(32)31-17-11-22(12-18-31)21-9-7-20(3)8-10-21/h4-10,13,19,22H,11-12,14-18H2,1-3H3,(H,29,32). The van der Waals surface area contributed by atoms with Gasteiger partial charge in [-0.05, 0) is 63.2 Å². The van der Waals surface area contributed by atoms with Gasteiger partial charge in [0, 0.05) is 37.8 Å². The second kappa shape index (κ2) is 9.86. The molecule has 2 aliphatic heterocycles. The molecule has 0 radical (unpaired) electrons. The number of aryl methyl sites for hydroxylation is 1. The van der Waals surface area contributed by atoms with Crippen molar-refractivity contribution in [2.24, 2.45) is 0 Å². The molecule has 5 heteroatoms. The fourth-order valence-corrected chi connectivity index (χ4v) is 4.76. The molecule has 2 amide bonds. The van der Waals surface area contributed by atoms with E-state index >= 15 is 0 Å². The third kappa shape index (κ3) is 5.04. The van der Waals surface area contributed by atoms with Crippen LogP contribution in [0.15, 0.2) is 48.5 Å². The average molecular weight is 436 g/mol. The van der Waals surface area contributed by atoms with Gasteiger partial charge in [-0.15, -0.1) is 0 Å². The molecule has 1 N–H and O–H groups in total. The number of benzene rings is 2. The minimum Gasteiger partial charge on any atom is -0.324 e. The predicted octanol–water partition coefficient (Wildman–Crippen LogP) is 6.04. The summed E-state index contributed by atoms with van der Waals surface area (Å²) in [7, 11) is 0. The number of piperidine rings is 1. The Hall–Kier alpha value is -2.66. The van der Waals surface area contributed by atoms with Crippen molar-refractivity contribution in [3.05, 3.63) is 71.0 Å². The van der Waals surface area contributed by atoms with E-state index in [1.54, 1.807) is 6.07 Å². The number of hydrogen-bond acceptors (Lipinski definition) is 2. The van der Waals surface area contributed by atoms with Crippen LogP contribution in [0.4, 0.5) is 14.9 Å². The van der Waals surface area contributed by atoms with Crippen LogP contribution in [-0.2, 0) is 0 Å². The van der Waals surface area contributed by atoms with E-state index in [9.17, 15) is 9.18 Å². The minimum absolute atomic E-state index is 0.209. The predicted molar refractivity (Wildman–Crippen MR) is 129 cm³/mol. The number of nitrogens with one attached hydrogen (secondary N) is 1. The van der Waals surface area contributed by atoms with Crippen LogP contribution in [0.5, 0.6) is 0 Å². The van der Waals surface area contributed by atoms with Gasteiger partial charge < -0.3 is 10.2 Å². The van der Waals surface area contributed by atoms with Gasteiger partial charge in [-0.2, -0.15) is 0 Å². The highest BCUT2D eigenvalue weighted by molar-refractivity contribution is 5.93. The monoisotopic (exact) mass is 435 g/mol. The van der Waals surface area contributed by atoms with E-state index in [4.69, 9.17) is 0 Å². The van der Waals surface area contributed by atoms with Crippen LogP contribution in [0, 0.1) is 12.7 Å². The van der Waals surface area contributed by atoms with Crippen molar-refractivity contribution in [2.45, 2.75) is 52.0 Å². The Morgan fingerprint density at radius 2 is 1.78 bits per heavy atom. The van der Waals surface area contributed by atoms with Gasteiger partial charge in [0.1, 0.15) is 5.82 Å². The van der Waals surface area contributed by atoms with Crippen LogP contribution in [0.25, 0.3) is 5.57 Å². The van der Waals surface area contributed by atoms with Gasteiger partial charge in [0.15, 0.2) is 0 Å². The number of urea groups is 1. The summed E-state index contributed by atoms with van der Waals surface area (Å²) < 4.78 is 14.8. The molecule has 1 fully saturated rings. The Labute approximate surface area is 191 Å². The van der Waals surface area contributed by atoms with E-state index in [2.05, 4.69) is 61.3 Å². The van der Waals surface area contributed by atoms with Crippen molar-refractivity contribution in [1.29, 1.82) is 0 Å². The number of hydrogen-bond donors (Lipinski definition) is 1. The summed E-state index contributed by atoms with van der Waals surface area (Å²) in [6, 6.07) is 14.0. The number of nitrogens with zero attached hydrogens (tertiary/aromatic N) is 2. The van der Waals surface area contributed by atoms with Crippen molar-refractivity contribution in [3.8, 4) is 0 Å². The molecule has 4 rings (SSSR count). The number of para-hydroxylation sites is 1. The van der Waals surface area contributed by atoms with Crippen molar-refractivity contribution in [1.82, 2.24) is 9.80 Å². The maximum Gasteiger partial charge on any atom is 0.321 e. The number of carbonyl (C=O) groups is 1. The molecule has 2 aromatic carbocycles. The van der Waals surface area contributed by atoms with Gasteiger partial charge >= 0.3 is 6.03 Å². The zero-order valence-electron chi connectivity index (χ0n) is 19.4. The van der Waals surface area contributed by atoms with Crippen molar-refractivity contribution < 1.29 is 9.18 Å². The van der Waals surface area contributed by atoms with Crippen LogP contribution >= 0.6 is 0 Å². The number of amides is 2. The molecule has 0 unspecified atom stereocenters. The lowest BCUT2D eigenvalue weighted by molar-refractivity contribution is 0.194. The molecule has 0 spiro atoms. The minimum atomic E-state index is -0.377. The molecule has 1 saturated heterocycles. The molecule has 4 nitrogen and oxygen atoms in total. The maximum atomic E-state index is 14.8. The quantitative estimate of drug-likeness (QED) is 0.635. The van der Waals surface area contributed by atoms with Crippen LogP contribution in [0.2, 0.25) is 0 Å². The molecule has 2 aliphatic rings. The first-order valence-electron chi connectivity index (χ1n) is 11.8. The first-order chi connectivity index (χ1) is 15.4. The van der Waals surface area contributed by atoms with Gasteiger partial charge in [0.2, 0.25) is 0 Å². The van der Waals surface area contributed by atoms with Gasteiger partial charge in [-0.3, -0.25) is 4.90 Å². The first kappa shape index (κ1) is 22.5. The van der Waals surface area contributed by atoms with Crippen molar-refractivity contribution >= 4 is 17.3 Å². The molecule has 0 aromatic heterocycles. The third-order valence-corrected chi connectivity index (χ3v) is 6.89. The van der Waals surface area contributed by atoms with E-state index < -0.39 is 0 Å². The number of halogens is 1. The molecule has 2 heterocycles. The summed E-state index contributed by atoms with van der Waals surface area (Å²) in [6.45, 7) is 9.63. The fraction of sp³-hybridized carbons (Fsp3) is 0.444. The van der Waals surface area contributed by atoms with Crippen molar-refractivity contribution in [3.63, 3.8) is 0 Å². The molecule has 0 bridgehead atoms. The van der Waals surface area contributed by atoms with E-state index in [1.807, 2.05) is 11.0 Å². The Bertz CT molecular complexity index is 975. The van der Waals surface area contributed by atoms with Crippen LogP contribution in [0.3, 0.4) is 0 Å². The largest absolute Gasteiger partial charge is 0.324 e. The smallest absolute Gasteiger partial charge is 0.321 e. The lowest BCUT2D eigenvalue weighted by atomic mass is 9.89. The average Bonchev–Trinajstić information content (AvgIpc) is 2.81. The Morgan fingerprint density at radius 1 is 1.06 bits per heavy atom. The zero-order valence-corrected chi connectivity index (χ0v) is 19.4. The molecule has 2 aromatic rings. The van der Waals surface area contributed by atoms with Gasteiger partial charge in [-0.25, -0.2) is 9.18 Å². The molecule has 32 heavy (non-hydrogen) atoms. The van der Waals surface area contributed by atoms with E-state index in [-0.39, 0.29) is 11.8 Å². The number of likely N-dealkylation sites (tertiary alicyclic amines) is 1. The highest BCUT2D eigenvalue weighted by Gasteiger charge is 2.26. The maximum absolute atomic E-state index is 14.8. The highest BCUT2D eigenvalue weighted by Crippen LogP contribution is 2.32. The molecular formula is C27H34FN3O. The Morgan fingerprint density at radius 3 is 2.41 bits per heavy atom. The summed E-state index contributed by atoms with van der Waals surface area (Å²) >= 11 is 0. The Kier molecular flexibility index (Phi) is 6.95.